The molecule has 142 valence electrons. The summed E-state index contributed by atoms with van der Waals surface area (Å²) < 4.78 is 13.4. The van der Waals surface area contributed by atoms with Crippen molar-refractivity contribution in [3.05, 3.63) is 59.4 Å². The third kappa shape index (κ3) is 3.84. The predicted octanol–water partition coefficient (Wildman–Crippen LogP) is 3.95. The fourth-order valence-electron chi connectivity index (χ4n) is 3.73. The fourth-order valence-corrected chi connectivity index (χ4v) is 3.73. The van der Waals surface area contributed by atoms with Crippen LogP contribution in [0.2, 0.25) is 0 Å². The van der Waals surface area contributed by atoms with Crippen molar-refractivity contribution in [1.29, 1.82) is 0 Å². The van der Waals surface area contributed by atoms with Crippen molar-refractivity contribution >= 4 is 10.8 Å². The number of aryl methyl sites for hydroxylation is 2. The molecule has 0 saturated carbocycles. The zero-order valence-electron chi connectivity index (χ0n) is 16.3. The lowest BCUT2D eigenvalue weighted by molar-refractivity contribution is -0.0329. The maximum absolute atomic E-state index is 6.10. The van der Waals surface area contributed by atoms with Crippen molar-refractivity contribution in [2.75, 3.05) is 26.8 Å². The lowest BCUT2D eigenvalue weighted by Gasteiger charge is -2.33. The van der Waals surface area contributed by atoms with Crippen LogP contribution >= 0.6 is 0 Å². The van der Waals surface area contributed by atoms with Crippen LogP contribution in [0.3, 0.4) is 0 Å². The monoisotopic (exact) mass is 365 g/mol. The van der Waals surface area contributed by atoms with Crippen LogP contribution in [0.1, 0.15) is 29.8 Å². The molecular formula is C22H27N3O2. The van der Waals surface area contributed by atoms with Gasteiger partial charge in [-0.1, -0.05) is 18.2 Å². The van der Waals surface area contributed by atoms with Gasteiger partial charge < -0.3 is 9.47 Å². The SMILES string of the molecule is CCn1cc(CN2CCOC(c3ccc4cc(OC)ccc4c3)C2)c(C)n1. The van der Waals surface area contributed by atoms with E-state index in [-0.39, 0.29) is 6.10 Å². The number of hydrogen-bond donors (Lipinski definition) is 0. The van der Waals surface area contributed by atoms with Crippen LogP contribution in [0, 0.1) is 6.92 Å². The van der Waals surface area contributed by atoms with E-state index in [1.807, 2.05) is 10.7 Å². The zero-order valence-corrected chi connectivity index (χ0v) is 16.3. The Labute approximate surface area is 160 Å². The van der Waals surface area contributed by atoms with Gasteiger partial charge in [-0.15, -0.1) is 0 Å². The largest absolute Gasteiger partial charge is 0.497 e. The molecule has 1 fully saturated rings. The van der Waals surface area contributed by atoms with Gasteiger partial charge in [0.15, 0.2) is 0 Å². The average Bonchev–Trinajstić information content (AvgIpc) is 3.07. The van der Waals surface area contributed by atoms with E-state index in [4.69, 9.17) is 9.47 Å². The van der Waals surface area contributed by atoms with Gasteiger partial charge in [0.05, 0.1) is 25.5 Å². The number of methoxy groups -OCH3 is 1. The highest BCUT2D eigenvalue weighted by molar-refractivity contribution is 5.84. The molecule has 2 heterocycles. The van der Waals surface area contributed by atoms with Crippen molar-refractivity contribution < 1.29 is 9.47 Å². The standard InChI is InChI=1S/C22H27N3O2/c1-4-25-14-20(16(2)23-25)13-24-9-10-27-22(15-24)19-6-5-18-12-21(26-3)8-7-17(18)11-19/h5-8,11-12,14,22H,4,9-10,13,15H2,1-3H3. The number of nitrogens with zero attached hydrogens (tertiary/aromatic N) is 3. The van der Waals surface area contributed by atoms with E-state index >= 15 is 0 Å². The van der Waals surface area contributed by atoms with Gasteiger partial charge in [0.25, 0.3) is 0 Å². The second-order valence-electron chi connectivity index (χ2n) is 7.16. The van der Waals surface area contributed by atoms with Gasteiger partial charge in [0, 0.05) is 37.9 Å². The second-order valence-corrected chi connectivity index (χ2v) is 7.16. The first-order chi connectivity index (χ1) is 13.2. The molecule has 1 aromatic heterocycles. The first kappa shape index (κ1) is 18.0. The summed E-state index contributed by atoms with van der Waals surface area (Å²) in [7, 11) is 1.70. The van der Waals surface area contributed by atoms with E-state index < -0.39 is 0 Å². The maximum atomic E-state index is 6.10. The first-order valence-corrected chi connectivity index (χ1v) is 9.61. The van der Waals surface area contributed by atoms with Crippen LogP contribution < -0.4 is 4.74 Å². The van der Waals surface area contributed by atoms with Crippen LogP contribution in [-0.4, -0.2) is 41.5 Å². The molecule has 1 aliphatic rings. The van der Waals surface area contributed by atoms with E-state index in [1.165, 1.54) is 21.9 Å². The van der Waals surface area contributed by atoms with Gasteiger partial charge in [-0.2, -0.15) is 5.10 Å². The van der Waals surface area contributed by atoms with Crippen molar-refractivity contribution in [1.82, 2.24) is 14.7 Å². The molecule has 4 rings (SSSR count). The Balaban J connectivity index is 1.50. The lowest BCUT2D eigenvalue weighted by atomic mass is 10.0. The van der Waals surface area contributed by atoms with E-state index in [0.717, 1.165) is 44.2 Å². The highest BCUT2D eigenvalue weighted by Gasteiger charge is 2.23. The number of ether oxygens (including phenoxy) is 2. The average molecular weight is 365 g/mol. The molecule has 0 bridgehead atoms. The van der Waals surface area contributed by atoms with Crippen LogP contribution in [0.15, 0.2) is 42.6 Å². The molecule has 5 nitrogen and oxygen atoms in total. The summed E-state index contributed by atoms with van der Waals surface area (Å²) in [5.74, 6) is 0.887. The zero-order chi connectivity index (χ0) is 18.8. The van der Waals surface area contributed by atoms with Gasteiger partial charge >= 0.3 is 0 Å². The normalized spacial score (nSPS) is 18.1. The second kappa shape index (κ2) is 7.71. The van der Waals surface area contributed by atoms with Gasteiger partial charge in [-0.05, 0) is 48.4 Å². The summed E-state index contributed by atoms with van der Waals surface area (Å²) in [6.45, 7) is 8.67. The fraction of sp³-hybridized carbons (Fsp3) is 0.409. The summed E-state index contributed by atoms with van der Waals surface area (Å²) in [4.78, 5) is 2.47. The van der Waals surface area contributed by atoms with E-state index in [1.54, 1.807) is 7.11 Å². The minimum atomic E-state index is 0.103. The number of morpholine rings is 1. The molecule has 1 aliphatic heterocycles. The van der Waals surface area contributed by atoms with Gasteiger partial charge in [-0.25, -0.2) is 0 Å². The van der Waals surface area contributed by atoms with Gasteiger partial charge in [-0.3, -0.25) is 9.58 Å². The van der Waals surface area contributed by atoms with Crippen molar-refractivity contribution in [2.24, 2.45) is 0 Å². The van der Waals surface area contributed by atoms with Crippen molar-refractivity contribution in [2.45, 2.75) is 33.0 Å². The summed E-state index contributed by atoms with van der Waals surface area (Å²) in [6, 6.07) is 12.8. The Morgan fingerprint density at radius 2 is 2.00 bits per heavy atom. The quantitative estimate of drug-likeness (QED) is 0.686. The Kier molecular flexibility index (Phi) is 5.14. The molecule has 1 unspecified atom stereocenters. The van der Waals surface area contributed by atoms with Crippen molar-refractivity contribution in [3.8, 4) is 5.75 Å². The summed E-state index contributed by atoms with van der Waals surface area (Å²) >= 11 is 0. The molecule has 5 heteroatoms. The topological polar surface area (TPSA) is 39.5 Å². The maximum Gasteiger partial charge on any atom is 0.119 e. The van der Waals surface area contributed by atoms with Crippen LogP contribution in [-0.2, 0) is 17.8 Å². The Hall–Kier alpha value is -2.37. The summed E-state index contributed by atoms with van der Waals surface area (Å²) in [5, 5.41) is 6.97. The molecule has 0 N–H and O–H groups in total. The number of hydrogen-bond acceptors (Lipinski definition) is 4. The molecule has 1 atom stereocenters. The Morgan fingerprint density at radius 1 is 1.19 bits per heavy atom. The number of benzene rings is 2. The summed E-state index contributed by atoms with van der Waals surface area (Å²) in [6.07, 6.45) is 2.27. The highest BCUT2D eigenvalue weighted by Crippen LogP contribution is 2.28. The molecule has 0 amide bonds. The molecule has 0 radical (unpaired) electrons. The van der Waals surface area contributed by atoms with Crippen LogP contribution in [0.5, 0.6) is 5.75 Å². The van der Waals surface area contributed by atoms with Gasteiger partial charge in [0.1, 0.15) is 5.75 Å². The first-order valence-electron chi connectivity index (χ1n) is 9.61. The predicted molar refractivity (Wildman–Crippen MR) is 107 cm³/mol. The van der Waals surface area contributed by atoms with Gasteiger partial charge in [0.2, 0.25) is 0 Å². The number of rotatable bonds is 5. The third-order valence-electron chi connectivity index (χ3n) is 5.36. The van der Waals surface area contributed by atoms with E-state index in [9.17, 15) is 0 Å². The van der Waals surface area contributed by atoms with E-state index in [2.05, 4.69) is 60.4 Å². The Morgan fingerprint density at radius 3 is 2.78 bits per heavy atom. The lowest BCUT2D eigenvalue weighted by Crippen LogP contribution is -2.37. The Bertz CT molecular complexity index is 934. The highest BCUT2D eigenvalue weighted by atomic mass is 16.5. The van der Waals surface area contributed by atoms with Crippen molar-refractivity contribution in [3.63, 3.8) is 0 Å². The van der Waals surface area contributed by atoms with E-state index in [0.29, 0.717) is 0 Å². The molecule has 3 aromatic rings. The third-order valence-corrected chi connectivity index (χ3v) is 5.36. The molecular weight excluding hydrogens is 338 g/mol. The molecule has 2 aromatic carbocycles. The minimum Gasteiger partial charge on any atom is -0.497 e. The molecule has 1 saturated heterocycles. The van der Waals surface area contributed by atoms with Crippen LogP contribution in [0.25, 0.3) is 10.8 Å². The molecule has 0 spiro atoms. The molecule has 0 aliphatic carbocycles. The minimum absolute atomic E-state index is 0.103. The van der Waals surface area contributed by atoms with Crippen LogP contribution in [0.4, 0.5) is 0 Å². The molecule has 27 heavy (non-hydrogen) atoms. The number of aromatic nitrogens is 2. The smallest absolute Gasteiger partial charge is 0.119 e. The summed E-state index contributed by atoms with van der Waals surface area (Å²) in [5.41, 5.74) is 3.67. The number of fused-ring (bicyclic) bond motifs is 1.